The second kappa shape index (κ2) is 4.19. The molecule has 1 aliphatic carbocycles. The molecule has 1 aliphatic rings. The topological polar surface area (TPSA) is 40.5 Å². The molecule has 1 fully saturated rings. The Kier molecular flexibility index (Phi) is 3.04. The van der Waals surface area contributed by atoms with Crippen LogP contribution in [0, 0.1) is 13.8 Å². The average Bonchev–Trinajstić information content (AvgIpc) is 2.26. The van der Waals surface area contributed by atoms with Crippen LogP contribution >= 0.6 is 0 Å². The van der Waals surface area contributed by atoms with E-state index in [0.29, 0.717) is 25.7 Å². The monoisotopic (exact) mass is 220 g/mol. The minimum atomic E-state index is -0.727. The molecular formula is C14H20O2. The van der Waals surface area contributed by atoms with Crippen molar-refractivity contribution in [3.63, 3.8) is 0 Å². The normalized spacial score (nSPS) is 30.4. The van der Waals surface area contributed by atoms with Gasteiger partial charge in [-0.3, -0.25) is 0 Å². The van der Waals surface area contributed by atoms with Gasteiger partial charge in [-0.2, -0.15) is 0 Å². The van der Waals surface area contributed by atoms with Gasteiger partial charge in [-0.05, 0) is 50.7 Å². The summed E-state index contributed by atoms with van der Waals surface area (Å²) < 4.78 is 0. The zero-order valence-electron chi connectivity index (χ0n) is 10.0. The van der Waals surface area contributed by atoms with Crippen LogP contribution in [-0.2, 0) is 5.60 Å². The van der Waals surface area contributed by atoms with Crippen LogP contribution in [0.25, 0.3) is 0 Å². The standard InChI is InChI=1S/C14H20O2/c1-10-3-4-11(2)13(9-10)14(16)7-5-12(15)6-8-14/h3-4,9,12,15-16H,5-8H2,1-2H3. The molecule has 2 rings (SSSR count). The van der Waals surface area contributed by atoms with Crippen LogP contribution in [0.15, 0.2) is 18.2 Å². The molecule has 2 nitrogen and oxygen atoms in total. The SMILES string of the molecule is Cc1ccc(C)c(C2(O)CCC(O)CC2)c1. The van der Waals surface area contributed by atoms with Crippen LogP contribution in [-0.4, -0.2) is 16.3 Å². The molecule has 0 unspecified atom stereocenters. The van der Waals surface area contributed by atoms with Gasteiger partial charge in [0.15, 0.2) is 0 Å². The van der Waals surface area contributed by atoms with E-state index in [-0.39, 0.29) is 6.10 Å². The lowest BCUT2D eigenvalue weighted by Crippen LogP contribution is -2.34. The molecule has 1 aromatic carbocycles. The summed E-state index contributed by atoms with van der Waals surface area (Å²) in [6.45, 7) is 4.09. The van der Waals surface area contributed by atoms with Crippen molar-refractivity contribution < 1.29 is 10.2 Å². The molecule has 0 bridgehead atoms. The Morgan fingerprint density at radius 2 is 1.81 bits per heavy atom. The van der Waals surface area contributed by atoms with Gasteiger partial charge in [0.05, 0.1) is 11.7 Å². The first kappa shape index (κ1) is 11.6. The van der Waals surface area contributed by atoms with E-state index in [1.54, 1.807) is 0 Å². The fourth-order valence-corrected chi connectivity index (χ4v) is 2.59. The fraction of sp³-hybridized carbons (Fsp3) is 0.571. The maximum absolute atomic E-state index is 10.7. The largest absolute Gasteiger partial charge is 0.393 e. The highest BCUT2D eigenvalue weighted by Crippen LogP contribution is 2.38. The molecule has 88 valence electrons. The summed E-state index contributed by atoms with van der Waals surface area (Å²) >= 11 is 0. The lowest BCUT2D eigenvalue weighted by atomic mass is 9.77. The Labute approximate surface area is 96.9 Å². The van der Waals surface area contributed by atoms with Crippen LogP contribution in [0.2, 0.25) is 0 Å². The first-order valence-electron chi connectivity index (χ1n) is 5.99. The van der Waals surface area contributed by atoms with Crippen molar-refractivity contribution in [2.24, 2.45) is 0 Å². The van der Waals surface area contributed by atoms with Crippen molar-refractivity contribution in [3.05, 3.63) is 34.9 Å². The third kappa shape index (κ3) is 2.13. The molecular weight excluding hydrogens is 200 g/mol. The Morgan fingerprint density at radius 1 is 1.19 bits per heavy atom. The number of hydrogen-bond acceptors (Lipinski definition) is 2. The molecule has 0 spiro atoms. The number of hydrogen-bond donors (Lipinski definition) is 2. The van der Waals surface area contributed by atoms with Gasteiger partial charge in [-0.25, -0.2) is 0 Å². The Balaban J connectivity index is 2.32. The van der Waals surface area contributed by atoms with Crippen molar-refractivity contribution in [2.45, 2.75) is 51.2 Å². The molecule has 0 atom stereocenters. The van der Waals surface area contributed by atoms with E-state index >= 15 is 0 Å². The van der Waals surface area contributed by atoms with Gasteiger partial charge in [0, 0.05) is 0 Å². The van der Waals surface area contributed by atoms with Gasteiger partial charge in [-0.15, -0.1) is 0 Å². The summed E-state index contributed by atoms with van der Waals surface area (Å²) in [7, 11) is 0. The quantitative estimate of drug-likeness (QED) is 0.763. The first-order chi connectivity index (χ1) is 7.51. The third-order valence-corrected chi connectivity index (χ3v) is 3.68. The summed E-state index contributed by atoms with van der Waals surface area (Å²) in [5.74, 6) is 0. The van der Waals surface area contributed by atoms with Gasteiger partial charge in [-0.1, -0.05) is 23.8 Å². The minimum absolute atomic E-state index is 0.231. The highest BCUT2D eigenvalue weighted by Gasteiger charge is 2.35. The predicted molar refractivity (Wildman–Crippen MR) is 64.3 cm³/mol. The summed E-state index contributed by atoms with van der Waals surface area (Å²) in [4.78, 5) is 0. The van der Waals surface area contributed by atoms with Gasteiger partial charge >= 0.3 is 0 Å². The van der Waals surface area contributed by atoms with E-state index < -0.39 is 5.60 Å². The summed E-state index contributed by atoms with van der Waals surface area (Å²) in [5.41, 5.74) is 2.64. The lowest BCUT2D eigenvalue weighted by molar-refractivity contribution is -0.0365. The van der Waals surface area contributed by atoms with Crippen LogP contribution in [0.3, 0.4) is 0 Å². The summed E-state index contributed by atoms with van der Waals surface area (Å²) in [6, 6.07) is 6.21. The second-order valence-electron chi connectivity index (χ2n) is 5.08. The van der Waals surface area contributed by atoms with Gasteiger partial charge < -0.3 is 10.2 Å². The summed E-state index contributed by atoms with van der Waals surface area (Å²) in [5, 5.41) is 20.2. The zero-order chi connectivity index (χ0) is 11.8. The van der Waals surface area contributed by atoms with Crippen LogP contribution in [0.4, 0.5) is 0 Å². The highest BCUT2D eigenvalue weighted by atomic mass is 16.3. The van der Waals surface area contributed by atoms with E-state index in [1.807, 2.05) is 13.8 Å². The molecule has 0 aliphatic heterocycles. The smallest absolute Gasteiger partial charge is 0.0901 e. The molecule has 2 N–H and O–H groups in total. The zero-order valence-corrected chi connectivity index (χ0v) is 10.0. The average molecular weight is 220 g/mol. The van der Waals surface area contributed by atoms with E-state index in [0.717, 1.165) is 11.1 Å². The van der Waals surface area contributed by atoms with E-state index in [2.05, 4.69) is 18.2 Å². The molecule has 0 aromatic heterocycles. The predicted octanol–water partition coefficient (Wildman–Crippen LogP) is 2.43. The van der Waals surface area contributed by atoms with Gasteiger partial charge in [0.2, 0.25) is 0 Å². The first-order valence-corrected chi connectivity index (χ1v) is 5.99. The molecule has 0 heterocycles. The molecule has 1 saturated carbocycles. The van der Waals surface area contributed by atoms with Crippen molar-refractivity contribution >= 4 is 0 Å². The molecule has 16 heavy (non-hydrogen) atoms. The number of aryl methyl sites for hydroxylation is 2. The minimum Gasteiger partial charge on any atom is -0.393 e. The van der Waals surface area contributed by atoms with Crippen molar-refractivity contribution in [1.29, 1.82) is 0 Å². The maximum Gasteiger partial charge on any atom is 0.0901 e. The van der Waals surface area contributed by atoms with Crippen molar-refractivity contribution in [3.8, 4) is 0 Å². The summed E-state index contributed by atoms with van der Waals surface area (Å²) in [6.07, 6.45) is 2.50. The number of rotatable bonds is 1. The molecule has 2 heteroatoms. The van der Waals surface area contributed by atoms with Crippen LogP contribution < -0.4 is 0 Å². The Morgan fingerprint density at radius 3 is 2.44 bits per heavy atom. The van der Waals surface area contributed by atoms with Gasteiger partial charge in [0.1, 0.15) is 0 Å². The molecule has 0 radical (unpaired) electrons. The molecule has 0 amide bonds. The number of benzene rings is 1. The lowest BCUT2D eigenvalue weighted by Gasteiger charge is -2.36. The fourth-order valence-electron chi connectivity index (χ4n) is 2.59. The second-order valence-corrected chi connectivity index (χ2v) is 5.08. The number of aliphatic hydroxyl groups excluding tert-OH is 1. The van der Waals surface area contributed by atoms with Crippen molar-refractivity contribution in [2.75, 3.05) is 0 Å². The van der Waals surface area contributed by atoms with Gasteiger partial charge in [0.25, 0.3) is 0 Å². The van der Waals surface area contributed by atoms with Crippen molar-refractivity contribution in [1.82, 2.24) is 0 Å². The third-order valence-electron chi connectivity index (χ3n) is 3.68. The van der Waals surface area contributed by atoms with Crippen LogP contribution in [0.1, 0.15) is 42.4 Å². The Hall–Kier alpha value is -0.860. The van der Waals surface area contributed by atoms with E-state index in [1.165, 1.54) is 5.56 Å². The molecule has 0 saturated heterocycles. The Bertz CT molecular complexity index is 376. The van der Waals surface area contributed by atoms with Crippen LogP contribution in [0.5, 0.6) is 0 Å². The maximum atomic E-state index is 10.7. The molecule has 1 aromatic rings. The number of aliphatic hydroxyl groups is 2. The van der Waals surface area contributed by atoms with E-state index in [4.69, 9.17) is 0 Å². The van der Waals surface area contributed by atoms with E-state index in [9.17, 15) is 10.2 Å². The highest BCUT2D eigenvalue weighted by molar-refractivity contribution is 5.35.